The molecule has 2 aliphatic heterocycles. The van der Waals surface area contributed by atoms with Gasteiger partial charge < -0.3 is 5.32 Å². The van der Waals surface area contributed by atoms with Crippen LogP contribution in [-0.2, 0) is 0 Å². The second-order valence-corrected chi connectivity index (χ2v) is 4.10. The van der Waals surface area contributed by atoms with Crippen LogP contribution in [0.3, 0.4) is 0 Å². The first kappa shape index (κ1) is 7.51. The van der Waals surface area contributed by atoms with E-state index in [1.165, 1.54) is 12.8 Å². The molecule has 0 amide bonds. The molecule has 2 heteroatoms. The highest BCUT2D eigenvalue weighted by Crippen LogP contribution is 2.35. The first-order valence-corrected chi connectivity index (χ1v) is 5.08. The van der Waals surface area contributed by atoms with E-state index in [9.17, 15) is 0 Å². The van der Waals surface area contributed by atoms with Crippen molar-refractivity contribution in [1.29, 1.82) is 0 Å². The van der Waals surface area contributed by atoms with Crippen LogP contribution < -0.4 is 5.32 Å². The molecule has 0 spiro atoms. The zero-order chi connectivity index (χ0) is 8.67. The fourth-order valence-corrected chi connectivity index (χ4v) is 2.74. The van der Waals surface area contributed by atoms with Crippen molar-refractivity contribution in [2.24, 2.45) is 16.8 Å². The molecule has 1 fully saturated rings. The minimum Gasteiger partial charge on any atom is -0.303 e. The van der Waals surface area contributed by atoms with Gasteiger partial charge in [-0.2, -0.15) is 0 Å². The Morgan fingerprint density at radius 1 is 1.23 bits per heavy atom. The van der Waals surface area contributed by atoms with Crippen molar-refractivity contribution in [3.8, 4) is 0 Å². The molecule has 3 rings (SSSR count). The van der Waals surface area contributed by atoms with Gasteiger partial charge in [-0.3, -0.25) is 4.99 Å². The summed E-state index contributed by atoms with van der Waals surface area (Å²) in [6.45, 7) is 0. The second kappa shape index (κ2) is 2.81. The smallest absolute Gasteiger partial charge is 0.0354 e. The van der Waals surface area contributed by atoms with Crippen molar-refractivity contribution in [2.75, 3.05) is 0 Å². The van der Waals surface area contributed by atoms with E-state index in [1.54, 1.807) is 0 Å². The predicted octanol–water partition coefficient (Wildman–Crippen LogP) is 1.51. The summed E-state index contributed by atoms with van der Waals surface area (Å²) >= 11 is 0. The average Bonchev–Trinajstić information content (AvgIpc) is 2.56. The standard InChI is InChI=1S/C11H14N2/c1-2-4-10-8(3-1)9-7-12-6-5-11(9)13-10/h2,4-11,13H,1,3H2. The number of nitrogens with one attached hydrogen (secondary N) is 1. The Labute approximate surface area is 78.4 Å². The second-order valence-electron chi connectivity index (χ2n) is 4.10. The van der Waals surface area contributed by atoms with Crippen LogP contribution in [0, 0.1) is 11.8 Å². The highest BCUT2D eigenvalue weighted by Gasteiger charge is 2.40. The molecule has 1 N–H and O–H groups in total. The molecule has 1 saturated heterocycles. The molecule has 0 bridgehead atoms. The van der Waals surface area contributed by atoms with E-state index in [4.69, 9.17) is 0 Å². The van der Waals surface area contributed by atoms with Crippen LogP contribution in [0.1, 0.15) is 12.8 Å². The molecule has 3 aliphatic rings. The third-order valence-corrected chi connectivity index (χ3v) is 3.40. The summed E-state index contributed by atoms with van der Waals surface area (Å²) < 4.78 is 0. The lowest BCUT2D eigenvalue weighted by Gasteiger charge is -2.23. The van der Waals surface area contributed by atoms with E-state index in [-0.39, 0.29) is 0 Å². The van der Waals surface area contributed by atoms with Gasteiger partial charge in [-0.1, -0.05) is 12.2 Å². The van der Waals surface area contributed by atoms with Crippen molar-refractivity contribution in [1.82, 2.24) is 5.32 Å². The quantitative estimate of drug-likeness (QED) is 0.553. The van der Waals surface area contributed by atoms with Crippen LogP contribution in [0.15, 0.2) is 29.4 Å². The van der Waals surface area contributed by atoms with Crippen molar-refractivity contribution >= 4 is 6.21 Å². The van der Waals surface area contributed by atoms with Crippen LogP contribution in [0.5, 0.6) is 0 Å². The zero-order valence-electron chi connectivity index (χ0n) is 7.56. The van der Waals surface area contributed by atoms with E-state index in [2.05, 4.69) is 34.8 Å². The van der Waals surface area contributed by atoms with E-state index >= 15 is 0 Å². The summed E-state index contributed by atoms with van der Waals surface area (Å²) in [5.41, 5.74) is 0. The summed E-state index contributed by atoms with van der Waals surface area (Å²) in [7, 11) is 0. The summed E-state index contributed by atoms with van der Waals surface area (Å²) in [5.74, 6) is 1.42. The molecule has 4 atom stereocenters. The van der Waals surface area contributed by atoms with Crippen LogP contribution >= 0.6 is 0 Å². The number of nitrogens with zero attached hydrogens (tertiary/aromatic N) is 1. The third-order valence-electron chi connectivity index (χ3n) is 3.40. The van der Waals surface area contributed by atoms with Gasteiger partial charge >= 0.3 is 0 Å². The maximum atomic E-state index is 4.24. The zero-order valence-corrected chi connectivity index (χ0v) is 7.56. The third kappa shape index (κ3) is 1.09. The Morgan fingerprint density at radius 3 is 3.23 bits per heavy atom. The van der Waals surface area contributed by atoms with Gasteiger partial charge in [-0.05, 0) is 24.8 Å². The molecule has 68 valence electrons. The molecule has 2 nitrogen and oxygen atoms in total. The highest BCUT2D eigenvalue weighted by molar-refractivity contribution is 5.66. The first-order valence-electron chi connectivity index (χ1n) is 5.08. The van der Waals surface area contributed by atoms with Crippen LogP contribution in [-0.4, -0.2) is 18.3 Å². The monoisotopic (exact) mass is 174 g/mol. The van der Waals surface area contributed by atoms with Gasteiger partial charge in [0.2, 0.25) is 0 Å². The number of fused-ring (bicyclic) bond motifs is 3. The Kier molecular flexibility index (Phi) is 1.62. The highest BCUT2D eigenvalue weighted by atomic mass is 15.0. The fraction of sp³-hybridized carbons (Fsp3) is 0.545. The molecule has 0 saturated carbocycles. The minimum atomic E-state index is 0.537. The number of allylic oxidation sites excluding steroid dienone is 1. The van der Waals surface area contributed by atoms with E-state index < -0.39 is 0 Å². The molecule has 13 heavy (non-hydrogen) atoms. The normalized spacial score (nSPS) is 46.2. The predicted molar refractivity (Wildman–Crippen MR) is 53.7 cm³/mol. The average molecular weight is 174 g/mol. The number of aliphatic imine (C=N–C) groups is 1. The van der Waals surface area contributed by atoms with Gasteiger partial charge in [-0.25, -0.2) is 0 Å². The Balaban J connectivity index is 1.91. The van der Waals surface area contributed by atoms with Gasteiger partial charge in [0, 0.05) is 30.4 Å². The van der Waals surface area contributed by atoms with Gasteiger partial charge in [-0.15, -0.1) is 0 Å². The summed E-state index contributed by atoms with van der Waals surface area (Å²) in [6, 6.07) is 1.13. The summed E-state index contributed by atoms with van der Waals surface area (Å²) in [4.78, 5) is 4.24. The lowest BCUT2D eigenvalue weighted by atomic mass is 9.81. The molecule has 0 aromatic rings. The Hall–Kier alpha value is -0.890. The van der Waals surface area contributed by atoms with Crippen molar-refractivity contribution in [3.05, 3.63) is 24.4 Å². The van der Waals surface area contributed by atoms with Crippen molar-refractivity contribution < 1.29 is 0 Å². The van der Waals surface area contributed by atoms with Crippen LogP contribution in [0.25, 0.3) is 0 Å². The van der Waals surface area contributed by atoms with Gasteiger partial charge in [0.25, 0.3) is 0 Å². The van der Waals surface area contributed by atoms with Crippen molar-refractivity contribution in [2.45, 2.75) is 24.9 Å². The first-order chi connectivity index (χ1) is 6.45. The van der Waals surface area contributed by atoms with E-state index in [0.29, 0.717) is 18.0 Å². The van der Waals surface area contributed by atoms with E-state index in [1.807, 2.05) is 6.20 Å². The topological polar surface area (TPSA) is 24.4 Å². The van der Waals surface area contributed by atoms with Crippen molar-refractivity contribution in [3.63, 3.8) is 0 Å². The largest absolute Gasteiger partial charge is 0.303 e. The molecular weight excluding hydrogens is 160 g/mol. The molecule has 1 aliphatic carbocycles. The SMILES string of the molecule is C1=CC2NC3C=CN=CC3C2CC1. The lowest BCUT2D eigenvalue weighted by Crippen LogP contribution is -2.30. The minimum absolute atomic E-state index is 0.537. The Morgan fingerprint density at radius 2 is 2.23 bits per heavy atom. The van der Waals surface area contributed by atoms with Crippen LogP contribution in [0.2, 0.25) is 0 Å². The maximum absolute atomic E-state index is 4.24. The summed E-state index contributed by atoms with van der Waals surface area (Å²) in [6.07, 6.45) is 13.4. The molecule has 0 aromatic carbocycles. The van der Waals surface area contributed by atoms with Gasteiger partial charge in [0.05, 0.1) is 0 Å². The fourth-order valence-electron chi connectivity index (χ4n) is 2.74. The lowest BCUT2D eigenvalue weighted by molar-refractivity contribution is 0.418. The maximum Gasteiger partial charge on any atom is 0.0354 e. The molecule has 0 radical (unpaired) electrons. The van der Waals surface area contributed by atoms with Gasteiger partial charge in [0.15, 0.2) is 0 Å². The number of hydrogen-bond acceptors (Lipinski definition) is 2. The molecule has 4 unspecified atom stereocenters. The number of rotatable bonds is 0. The van der Waals surface area contributed by atoms with E-state index in [0.717, 1.165) is 5.92 Å². The van der Waals surface area contributed by atoms with Crippen LogP contribution in [0.4, 0.5) is 0 Å². The Bertz CT molecular complexity index is 290. The molecule has 2 heterocycles. The number of hydrogen-bond donors (Lipinski definition) is 1. The molecular formula is C11H14N2. The summed E-state index contributed by atoms with van der Waals surface area (Å²) in [5, 5.41) is 3.63. The molecule has 0 aromatic heterocycles. The van der Waals surface area contributed by atoms with Gasteiger partial charge in [0.1, 0.15) is 0 Å².